The number of ketones is 1. The van der Waals surface area contributed by atoms with Gasteiger partial charge in [-0.15, -0.1) is 0 Å². The van der Waals surface area contributed by atoms with Crippen molar-refractivity contribution < 1.29 is 33.3 Å². The molecule has 0 amide bonds. The van der Waals surface area contributed by atoms with Gasteiger partial charge in [0.15, 0.2) is 11.9 Å². The number of nitrogens with one attached hydrogen (secondary N) is 1. The summed E-state index contributed by atoms with van der Waals surface area (Å²) >= 11 is 0. The summed E-state index contributed by atoms with van der Waals surface area (Å²) in [7, 11) is 1.86. The van der Waals surface area contributed by atoms with Gasteiger partial charge in [-0.1, -0.05) is 0 Å². The number of nitrogens with zero attached hydrogens (tertiary/aromatic N) is 2. The summed E-state index contributed by atoms with van der Waals surface area (Å²) in [6.07, 6.45) is 3.31. The summed E-state index contributed by atoms with van der Waals surface area (Å²) in [6, 6.07) is 6.99. The molecule has 23 heavy (non-hydrogen) atoms. The maximum absolute atomic E-state index is 12.7. The maximum Gasteiger partial charge on any atom is 0.204 e. The molecule has 0 atom stereocenters. The van der Waals surface area contributed by atoms with Crippen molar-refractivity contribution in [3.8, 4) is 0 Å². The summed E-state index contributed by atoms with van der Waals surface area (Å²) in [6.45, 7) is 3.71. The van der Waals surface area contributed by atoms with E-state index in [0.29, 0.717) is 16.6 Å². The first kappa shape index (κ1) is 17.3. The minimum absolute atomic E-state index is 0. The Labute approximate surface area is 150 Å². The van der Waals surface area contributed by atoms with Gasteiger partial charge < -0.3 is 29.0 Å². The van der Waals surface area contributed by atoms with E-state index >= 15 is 0 Å². The molecular formula is C17H16IN3O2. The molecular weight excluding hydrogens is 405 g/mol. The Morgan fingerprint density at radius 3 is 2.65 bits per heavy atom. The number of aromatic nitrogens is 3. The number of hydrogen-bond acceptors (Lipinski definition) is 3. The highest BCUT2D eigenvalue weighted by Crippen LogP contribution is 2.11. The second-order valence-corrected chi connectivity index (χ2v) is 5.33. The second-order valence-electron chi connectivity index (χ2n) is 5.33. The fourth-order valence-corrected chi connectivity index (χ4v) is 2.45. The molecule has 3 rings (SSSR count). The van der Waals surface area contributed by atoms with Gasteiger partial charge in [-0.25, -0.2) is 9.55 Å². The molecule has 0 aliphatic carbocycles. The molecule has 0 aliphatic heterocycles. The zero-order valence-electron chi connectivity index (χ0n) is 13.1. The van der Waals surface area contributed by atoms with Gasteiger partial charge >= 0.3 is 0 Å². The molecule has 3 aromatic rings. The van der Waals surface area contributed by atoms with Gasteiger partial charge in [-0.05, 0) is 25.1 Å². The maximum atomic E-state index is 12.7. The monoisotopic (exact) mass is 421 g/mol. The predicted molar refractivity (Wildman–Crippen MR) is 82.9 cm³/mol. The number of carbonyl (C=O) groups is 1. The Bertz CT molecular complexity index is 964. The van der Waals surface area contributed by atoms with Crippen LogP contribution < -0.4 is 34.0 Å². The van der Waals surface area contributed by atoms with Crippen molar-refractivity contribution in [2.24, 2.45) is 7.05 Å². The predicted octanol–water partition coefficient (Wildman–Crippen LogP) is -1.40. The molecule has 6 heteroatoms. The number of halogens is 1. The zero-order chi connectivity index (χ0) is 15.9. The summed E-state index contributed by atoms with van der Waals surface area (Å²) in [4.78, 5) is 32.5. The molecule has 0 aliphatic rings. The Morgan fingerprint density at radius 2 is 1.91 bits per heavy atom. The van der Waals surface area contributed by atoms with Crippen molar-refractivity contribution >= 4 is 16.8 Å². The summed E-state index contributed by atoms with van der Waals surface area (Å²) in [5, 5.41) is 0.425. The molecule has 1 N–H and O–H groups in total. The third-order valence-electron chi connectivity index (χ3n) is 3.86. The van der Waals surface area contributed by atoms with Crippen LogP contribution in [0.1, 0.15) is 27.3 Å². The van der Waals surface area contributed by atoms with Crippen LogP contribution in [0.3, 0.4) is 0 Å². The lowest BCUT2D eigenvalue weighted by Gasteiger charge is -2.04. The SMILES string of the molecule is Cc1ccc2c(=O)c(C(=O)c3ccc[n+](C)c3C)c[nH]c2n1.[I-]. The third kappa shape index (κ3) is 3.03. The lowest BCUT2D eigenvalue weighted by atomic mass is 10.0. The molecule has 0 aromatic carbocycles. The number of rotatable bonds is 2. The number of aryl methyl sites for hydroxylation is 2. The summed E-state index contributed by atoms with van der Waals surface area (Å²) < 4.78 is 1.85. The van der Waals surface area contributed by atoms with Crippen LogP contribution in [0, 0.1) is 13.8 Å². The van der Waals surface area contributed by atoms with Crippen LogP contribution in [0.5, 0.6) is 0 Å². The van der Waals surface area contributed by atoms with Crippen molar-refractivity contribution in [2.75, 3.05) is 0 Å². The molecule has 0 bridgehead atoms. The highest BCUT2D eigenvalue weighted by molar-refractivity contribution is 6.10. The number of pyridine rings is 3. The van der Waals surface area contributed by atoms with Gasteiger partial charge in [0.2, 0.25) is 11.2 Å². The zero-order valence-corrected chi connectivity index (χ0v) is 15.2. The minimum Gasteiger partial charge on any atom is -1.00 e. The Kier molecular flexibility index (Phi) is 4.93. The van der Waals surface area contributed by atoms with Crippen LogP contribution in [0.2, 0.25) is 0 Å². The van der Waals surface area contributed by atoms with Crippen molar-refractivity contribution in [1.29, 1.82) is 0 Å². The highest BCUT2D eigenvalue weighted by Gasteiger charge is 2.20. The Hall–Kier alpha value is -2.09. The fraction of sp³-hybridized carbons (Fsp3) is 0.176. The van der Waals surface area contributed by atoms with Crippen LogP contribution in [0.25, 0.3) is 11.0 Å². The minimum atomic E-state index is -0.294. The number of carbonyl (C=O) groups excluding carboxylic acids is 1. The van der Waals surface area contributed by atoms with Crippen LogP contribution in [0.4, 0.5) is 0 Å². The average Bonchev–Trinajstić information content (AvgIpc) is 2.49. The smallest absolute Gasteiger partial charge is 0.204 e. The van der Waals surface area contributed by atoms with Crippen LogP contribution in [0.15, 0.2) is 41.5 Å². The van der Waals surface area contributed by atoms with Crippen molar-refractivity contribution in [1.82, 2.24) is 9.97 Å². The number of aromatic amines is 1. The van der Waals surface area contributed by atoms with E-state index < -0.39 is 0 Å². The molecule has 0 unspecified atom stereocenters. The molecule has 0 saturated carbocycles. The van der Waals surface area contributed by atoms with E-state index in [2.05, 4.69) is 9.97 Å². The Balaban J connectivity index is 0.00000192. The number of H-pyrrole nitrogens is 1. The van der Waals surface area contributed by atoms with Crippen molar-refractivity contribution in [3.05, 3.63) is 69.4 Å². The van der Waals surface area contributed by atoms with E-state index in [1.54, 1.807) is 24.3 Å². The van der Waals surface area contributed by atoms with E-state index in [9.17, 15) is 9.59 Å². The van der Waals surface area contributed by atoms with E-state index in [0.717, 1.165) is 11.4 Å². The van der Waals surface area contributed by atoms with Gasteiger partial charge in [-0.2, -0.15) is 0 Å². The van der Waals surface area contributed by atoms with Crippen molar-refractivity contribution in [3.63, 3.8) is 0 Å². The lowest BCUT2D eigenvalue weighted by Crippen LogP contribution is -3.00. The fourth-order valence-electron chi connectivity index (χ4n) is 2.45. The summed E-state index contributed by atoms with van der Waals surface area (Å²) in [5.74, 6) is -0.280. The first-order valence-corrected chi connectivity index (χ1v) is 6.98. The average molecular weight is 421 g/mol. The van der Waals surface area contributed by atoms with E-state index in [4.69, 9.17) is 0 Å². The number of fused-ring (bicyclic) bond motifs is 1. The highest BCUT2D eigenvalue weighted by atomic mass is 127. The lowest BCUT2D eigenvalue weighted by molar-refractivity contribution is -0.677. The van der Waals surface area contributed by atoms with Crippen LogP contribution in [-0.2, 0) is 7.05 Å². The van der Waals surface area contributed by atoms with Crippen LogP contribution >= 0.6 is 0 Å². The third-order valence-corrected chi connectivity index (χ3v) is 3.86. The van der Waals surface area contributed by atoms with Gasteiger partial charge in [-0.3, -0.25) is 9.59 Å². The normalized spacial score (nSPS) is 10.4. The molecule has 0 saturated heterocycles. The quantitative estimate of drug-likeness (QED) is 0.315. The summed E-state index contributed by atoms with van der Waals surface area (Å²) in [5.41, 5.74) is 2.48. The molecule has 3 heterocycles. The standard InChI is InChI=1S/C17H15N3O2.HI/c1-10-6-7-13-16(22)14(9-18-17(13)19-10)15(21)12-5-4-8-20(3)11(12)2;/h4-9H,1-3H3;1H. The van der Waals surface area contributed by atoms with Crippen LogP contribution in [-0.4, -0.2) is 15.8 Å². The number of hydrogen-bond donors (Lipinski definition) is 1. The molecule has 0 spiro atoms. The van der Waals surface area contributed by atoms with Gasteiger partial charge in [0.25, 0.3) is 0 Å². The molecule has 0 fully saturated rings. The molecule has 0 radical (unpaired) electrons. The van der Waals surface area contributed by atoms with Gasteiger partial charge in [0, 0.05) is 24.9 Å². The topological polar surface area (TPSA) is 66.7 Å². The second kappa shape index (κ2) is 6.57. The van der Waals surface area contributed by atoms with Gasteiger partial charge in [0.1, 0.15) is 12.7 Å². The first-order chi connectivity index (χ1) is 10.5. The van der Waals surface area contributed by atoms with E-state index in [1.807, 2.05) is 31.7 Å². The Morgan fingerprint density at radius 1 is 1.17 bits per heavy atom. The van der Waals surface area contributed by atoms with E-state index in [1.165, 1.54) is 6.20 Å². The van der Waals surface area contributed by atoms with Gasteiger partial charge in [0.05, 0.1) is 16.5 Å². The van der Waals surface area contributed by atoms with Crippen molar-refractivity contribution in [2.45, 2.75) is 13.8 Å². The van der Waals surface area contributed by atoms with E-state index in [-0.39, 0.29) is 40.8 Å². The molecule has 5 nitrogen and oxygen atoms in total. The molecule has 3 aromatic heterocycles. The molecule has 118 valence electrons. The largest absolute Gasteiger partial charge is 1.00 e. The first-order valence-electron chi connectivity index (χ1n) is 6.98.